The number of rotatable bonds is 4. The first-order valence-corrected chi connectivity index (χ1v) is 10.9. The highest BCUT2D eigenvalue weighted by Crippen LogP contribution is 2.42. The van der Waals surface area contributed by atoms with E-state index in [0.717, 1.165) is 44.9 Å². The largest absolute Gasteiger partial charge is 0.490 e. The molecule has 0 bridgehead atoms. The maximum atomic E-state index is 10.6. The van der Waals surface area contributed by atoms with E-state index in [4.69, 9.17) is 29.5 Å². The highest BCUT2D eigenvalue weighted by molar-refractivity contribution is 5.78. The number of aliphatic carboxylic acids is 2. The minimum absolute atomic E-state index is 0.306. The molecule has 1 aromatic carbocycles. The number of hydrogen-bond acceptors (Lipinski definition) is 6. The van der Waals surface area contributed by atoms with Gasteiger partial charge in [-0.15, -0.1) is 0 Å². The fourth-order valence-corrected chi connectivity index (χ4v) is 4.34. The average Bonchev–Trinajstić information content (AvgIpc) is 3.28. The van der Waals surface area contributed by atoms with Crippen molar-refractivity contribution in [2.24, 2.45) is 11.3 Å². The Balaban J connectivity index is 0.000000286. The predicted molar refractivity (Wildman–Crippen MR) is 120 cm³/mol. The Morgan fingerprint density at radius 2 is 1.62 bits per heavy atom. The van der Waals surface area contributed by atoms with Gasteiger partial charge in [0.1, 0.15) is 0 Å². The van der Waals surface area contributed by atoms with Gasteiger partial charge in [-0.25, -0.2) is 9.59 Å². The molecular weight excluding hydrogens is 512 g/mol. The number of carboxylic acid groups (broad SMARTS) is 2. The van der Waals surface area contributed by atoms with Gasteiger partial charge < -0.3 is 19.8 Å². The van der Waals surface area contributed by atoms with Crippen LogP contribution in [0.3, 0.4) is 0 Å². The van der Waals surface area contributed by atoms with Gasteiger partial charge in [0.25, 0.3) is 0 Å². The molecule has 0 saturated carbocycles. The number of benzene rings is 1. The summed E-state index contributed by atoms with van der Waals surface area (Å²) in [6.07, 6.45) is -10.2. The van der Waals surface area contributed by atoms with Crippen molar-refractivity contribution in [1.82, 2.24) is 14.8 Å². The Morgan fingerprint density at radius 1 is 1.05 bits per heavy atom. The fourth-order valence-electron chi connectivity index (χ4n) is 4.34. The zero-order valence-electron chi connectivity index (χ0n) is 20.0. The highest BCUT2D eigenvalue weighted by atomic mass is 19.4. The molecule has 206 valence electrons. The minimum Gasteiger partial charge on any atom is -0.475 e. The van der Waals surface area contributed by atoms with Crippen LogP contribution in [0.2, 0.25) is 0 Å². The number of likely N-dealkylation sites (tertiary alicyclic amines) is 1. The van der Waals surface area contributed by atoms with Gasteiger partial charge in [-0.2, -0.15) is 26.3 Å². The SMILES string of the molecule is CN(C)C[C@]12COC[C@H]1CN(Cc1ccc3ccccc3n1)C2.O=C(O)C(F)(F)F.O=C(O)C(F)(F)F. The number of fused-ring (bicyclic) bond motifs is 2. The Kier molecular flexibility index (Phi) is 9.85. The van der Waals surface area contributed by atoms with Crippen LogP contribution in [0.25, 0.3) is 10.9 Å². The quantitative estimate of drug-likeness (QED) is 0.570. The van der Waals surface area contributed by atoms with E-state index in [9.17, 15) is 26.3 Å². The molecule has 0 amide bonds. The summed E-state index contributed by atoms with van der Waals surface area (Å²) >= 11 is 0. The molecule has 2 atom stereocenters. The zero-order chi connectivity index (χ0) is 28.0. The van der Waals surface area contributed by atoms with Crippen molar-refractivity contribution in [3.05, 3.63) is 42.1 Å². The van der Waals surface area contributed by atoms with Crippen molar-refractivity contribution >= 4 is 22.8 Å². The second-order valence-corrected chi connectivity index (χ2v) is 9.08. The molecule has 0 radical (unpaired) electrons. The number of para-hydroxylation sites is 1. The molecule has 3 heterocycles. The van der Waals surface area contributed by atoms with Crippen molar-refractivity contribution in [1.29, 1.82) is 0 Å². The smallest absolute Gasteiger partial charge is 0.475 e. The van der Waals surface area contributed by atoms with E-state index >= 15 is 0 Å². The topological polar surface area (TPSA) is 103 Å². The summed E-state index contributed by atoms with van der Waals surface area (Å²) in [7, 11) is 4.33. The lowest BCUT2D eigenvalue weighted by Crippen LogP contribution is -2.40. The summed E-state index contributed by atoms with van der Waals surface area (Å²) in [5.74, 6) is -4.86. The standard InChI is InChI=1S/C19H25N3O.2C2HF3O2/c1-21(2)12-19-13-22(9-16(19)11-23-14-19)10-17-8-7-15-5-3-4-6-18(15)20-17;2*3-2(4,5)1(6)7/h3-8,16H,9-14H2,1-2H3;2*(H,6,7)/t16-,19+;;/m1../s1. The van der Waals surface area contributed by atoms with Gasteiger partial charge >= 0.3 is 24.3 Å². The monoisotopic (exact) mass is 539 g/mol. The average molecular weight is 539 g/mol. The molecule has 1 aromatic heterocycles. The molecular formula is C23H27F6N3O5. The molecule has 4 rings (SSSR count). The molecule has 14 heteroatoms. The molecule has 2 N–H and O–H groups in total. The normalized spacial score (nSPS) is 21.6. The van der Waals surface area contributed by atoms with Crippen LogP contribution in [0, 0.1) is 11.3 Å². The predicted octanol–water partition coefficient (Wildman–Crippen LogP) is 3.51. The third-order valence-electron chi connectivity index (χ3n) is 5.75. The lowest BCUT2D eigenvalue weighted by molar-refractivity contribution is -0.193. The third-order valence-corrected chi connectivity index (χ3v) is 5.75. The number of halogens is 6. The van der Waals surface area contributed by atoms with E-state index in [1.54, 1.807) is 0 Å². The van der Waals surface area contributed by atoms with E-state index in [0.29, 0.717) is 11.3 Å². The van der Waals surface area contributed by atoms with Gasteiger partial charge in [0.15, 0.2) is 0 Å². The summed E-state index contributed by atoms with van der Waals surface area (Å²) in [5, 5.41) is 15.5. The Hall–Kier alpha value is -2.97. The Bertz CT molecular complexity index is 1050. The van der Waals surface area contributed by atoms with Crippen molar-refractivity contribution in [2.75, 3.05) is 46.9 Å². The van der Waals surface area contributed by atoms with Gasteiger partial charge in [0.2, 0.25) is 0 Å². The molecule has 0 aliphatic carbocycles. The molecule has 0 spiro atoms. The number of pyridine rings is 1. The van der Waals surface area contributed by atoms with Crippen molar-refractivity contribution < 1.29 is 50.9 Å². The minimum atomic E-state index is -5.08. The van der Waals surface area contributed by atoms with Gasteiger partial charge in [-0.3, -0.25) is 9.88 Å². The zero-order valence-corrected chi connectivity index (χ0v) is 20.0. The van der Waals surface area contributed by atoms with E-state index in [-0.39, 0.29) is 0 Å². The number of alkyl halides is 6. The summed E-state index contributed by atoms with van der Waals surface area (Å²) in [6, 6.07) is 12.7. The van der Waals surface area contributed by atoms with Crippen LogP contribution in [-0.4, -0.2) is 96.2 Å². The molecule has 2 fully saturated rings. The Morgan fingerprint density at radius 3 is 2.16 bits per heavy atom. The van der Waals surface area contributed by atoms with Crippen LogP contribution < -0.4 is 0 Å². The first-order chi connectivity index (χ1) is 17.0. The van der Waals surface area contributed by atoms with Crippen molar-refractivity contribution in [3.8, 4) is 0 Å². The maximum absolute atomic E-state index is 10.6. The summed E-state index contributed by atoms with van der Waals surface area (Å²) < 4.78 is 69.3. The van der Waals surface area contributed by atoms with Crippen LogP contribution in [0.1, 0.15) is 5.69 Å². The van der Waals surface area contributed by atoms with Crippen molar-refractivity contribution in [2.45, 2.75) is 18.9 Å². The van der Waals surface area contributed by atoms with Crippen LogP contribution in [0.15, 0.2) is 36.4 Å². The highest BCUT2D eigenvalue weighted by Gasteiger charge is 2.50. The summed E-state index contributed by atoms with van der Waals surface area (Å²) in [4.78, 5) is 27.5. The number of carbonyl (C=O) groups is 2. The maximum Gasteiger partial charge on any atom is 0.490 e. The molecule has 2 aromatic rings. The first kappa shape index (κ1) is 30.3. The fraction of sp³-hybridized carbons (Fsp3) is 0.522. The van der Waals surface area contributed by atoms with Gasteiger partial charge in [0, 0.05) is 42.9 Å². The van der Waals surface area contributed by atoms with E-state index in [1.165, 1.54) is 11.1 Å². The third kappa shape index (κ3) is 8.83. The van der Waals surface area contributed by atoms with Gasteiger partial charge in [-0.1, -0.05) is 24.3 Å². The van der Waals surface area contributed by atoms with Crippen LogP contribution in [0.5, 0.6) is 0 Å². The second kappa shape index (κ2) is 12.0. The van der Waals surface area contributed by atoms with Gasteiger partial charge in [0.05, 0.1) is 24.4 Å². The molecule has 37 heavy (non-hydrogen) atoms. The lowest BCUT2D eigenvalue weighted by atomic mass is 9.81. The second-order valence-electron chi connectivity index (χ2n) is 9.08. The number of aromatic nitrogens is 1. The van der Waals surface area contributed by atoms with Crippen LogP contribution in [0.4, 0.5) is 26.3 Å². The number of nitrogens with zero attached hydrogens (tertiary/aromatic N) is 3. The summed E-state index contributed by atoms with van der Waals surface area (Å²) in [5.41, 5.74) is 2.57. The summed E-state index contributed by atoms with van der Waals surface area (Å²) in [6.45, 7) is 6.11. The Labute approximate surface area is 208 Å². The van der Waals surface area contributed by atoms with Crippen LogP contribution in [-0.2, 0) is 20.9 Å². The first-order valence-electron chi connectivity index (χ1n) is 10.9. The van der Waals surface area contributed by atoms with E-state index in [1.807, 2.05) is 0 Å². The number of ether oxygens (including phenoxy) is 1. The lowest BCUT2D eigenvalue weighted by Gasteiger charge is -2.30. The number of carboxylic acids is 2. The van der Waals surface area contributed by atoms with E-state index < -0.39 is 24.3 Å². The molecule has 2 aliphatic heterocycles. The number of hydrogen-bond donors (Lipinski definition) is 2. The molecule has 0 unspecified atom stereocenters. The van der Waals surface area contributed by atoms with Crippen LogP contribution >= 0.6 is 0 Å². The van der Waals surface area contributed by atoms with Gasteiger partial charge in [-0.05, 0) is 26.2 Å². The molecule has 2 aliphatic rings. The van der Waals surface area contributed by atoms with Crippen molar-refractivity contribution in [3.63, 3.8) is 0 Å². The molecule has 2 saturated heterocycles. The van der Waals surface area contributed by atoms with E-state index in [2.05, 4.69) is 60.3 Å². The molecule has 8 nitrogen and oxygen atoms in total.